The average Bonchev–Trinajstić information content (AvgIpc) is 3.36. The summed E-state index contributed by atoms with van der Waals surface area (Å²) < 4.78 is 0. The molecule has 1 aliphatic rings. The molecule has 0 amide bonds. The molecule has 226 valence electrons. The number of benzene rings is 7. The molecule has 1 aliphatic carbocycles. The highest BCUT2D eigenvalue weighted by atomic mass is 14.4. The Labute approximate surface area is 298 Å². The Hall–Kier alpha value is -4.42. The first-order chi connectivity index (χ1) is 23.4. The van der Waals surface area contributed by atoms with Gasteiger partial charge in [-0.25, -0.2) is 0 Å². The number of rotatable bonds is 3. The van der Waals surface area contributed by atoms with Crippen LogP contribution in [0.2, 0.25) is 0 Å². The summed E-state index contributed by atoms with van der Waals surface area (Å²) in [4.78, 5) is 0. The van der Waals surface area contributed by atoms with Crippen LogP contribution in [0.25, 0.3) is 66.1 Å². The van der Waals surface area contributed by atoms with Crippen molar-refractivity contribution in [2.24, 2.45) is 0 Å². The van der Waals surface area contributed by atoms with Crippen LogP contribution in [0.15, 0.2) is 97.1 Å². The Morgan fingerprint density at radius 2 is 0.776 bits per heavy atom. The van der Waals surface area contributed by atoms with Gasteiger partial charge in [-0.1, -0.05) is 121 Å². The van der Waals surface area contributed by atoms with Crippen molar-refractivity contribution in [3.05, 3.63) is 108 Å². The van der Waals surface area contributed by atoms with Gasteiger partial charge in [-0.15, -0.1) is 21.9 Å². The molecule has 7 aromatic rings. The van der Waals surface area contributed by atoms with Gasteiger partial charge in [-0.3, -0.25) is 0 Å². The van der Waals surface area contributed by atoms with Gasteiger partial charge in [0.25, 0.3) is 0 Å². The van der Waals surface area contributed by atoms with E-state index in [2.05, 4.69) is 174 Å². The normalized spacial score (nSPS) is 13.1. The summed E-state index contributed by atoms with van der Waals surface area (Å²) in [5, 5.41) is 5.56. The average molecular weight is 617 g/mol. The van der Waals surface area contributed by atoms with Crippen molar-refractivity contribution in [2.75, 3.05) is 0 Å². The topological polar surface area (TPSA) is 0 Å². The molecule has 0 heterocycles. The van der Waals surface area contributed by atoms with Crippen molar-refractivity contribution in [1.29, 1.82) is 0 Å². The van der Waals surface area contributed by atoms with E-state index in [1.165, 1.54) is 121 Å². The minimum Gasteiger partial charge on any atom is -0.101 e. The zero-order chi connectivity index (χ0) is 34.5. The molecule has 7 aromatic carbocycles. The molecule has 8 rings (SSSR count). The van der Waals surface area contributed by atoms with E-state index in [4.69, 9.17) is 0 Å². The highest BCUT2D eigenvalue weighted by Crippen LogP contribution is 2.50. The Kier molecular flexibility index (Phi) is 7.35. The number of hydrogen-bond acceptors (Lipinski definition) is 0. The predicted molar refractivity (Wildman–Crippen MR) is 241 cm³/mol. The van der Waals surface area contributed by atoms with Crippen molar-refractivity contribution in [3.8, 4) is 44.5 Å². The first kappa shape index (κ1) is 31.8. The van der Waals surface area contributed by atoms with Gasteiger partial charge >= 0.3 is 0 Å². The lowest BCUT2D eigenvalue weighted by Gasteiger charge is -2.28. The van der Waals surface area contributed by atoms with Gasteiger partial charge in [0, 0.05) is 5.41 Å². The first-order valence-electron chi connectivity index (χ1n) is 17.8. The third-order valence-electron chi connectivity index (χ3n) is 12.5. The summed E-state index contributed by atoms with van der Waals surface area (Å²) in [5.41, 5.74) is 24.5. The lowest BCUT2D eigenvalue weighted by atomic mass is 9.59. The molecule has 0 saturated heterocycles. The SMILES string of the molecule is Bc1c(B)c(B)c2c(-c3cccc(-c4ccc5c(c4)C(C)(C)c4ccccc4-5)c3)c3c(B)c(B)c(B)c(B)c3c(-c3ccccc3)c2c1B. The van der Waals surface area contributed by atoms with Crippen LogP contribution >= 0.6 is 0 Å². The van der Waals surface area contributed by atoms with Gasteiger partial charge in [0.15, 0.2) is 0 Å². The second-order valence-corrected chi connectivity index (χ2v) is 15.1. The minimum atomic E-state index is -0.0345. The monoisotopic (exact) mass is 618 g/mol. The fourth-order valence-electron chi connectivity index (χ4n) is 9.05. The van der Waals surface area contributed by atoms with Crippen molar-refractivity contribution >= 4 is 128 Å². The van der Waals surface area contributed by atoms with Crippen molar-refractivity contribution in [2.45, 2.75) is 19.3 Å². The maximum Gasteiger partial charge on any atom is 0.139 e. The predicted octanol–water partition coefficient (Wildman–Crippen LogP) is -2.63. The summed E-state index contributed by atoms with van der Waals surface area (Å²) in [7, 11) is 18.6. The zero-order valence-corrected chi connectivity index (χ0v) is 30.7. The second kappa shape index (κ2) is 11.3. The van der Waals surface area contributed by atoms with Gasteiger partial charge in [-0.05, 0) is 89.3 Å². The highest BCUT2D eigenvalue weighted by Gasteiger charge is 2.35. The minimum absolute atomic E-state index is 0.0345. The number of hydrogen-bond donors (Lipinski definition) is 0. The Morgan fingerprint density at radius 3 is 1.35 bits per heavy atom. The summed E-state index contributed by atoms with van der Waals surface area (Å²) in [6.07, 6.45) is 0. The summed E-state index contributed by atoms with van der Waals surface area (Å²) in [6, 6.07) is 36.5. The molecule has 0 atom stereocenters. The Balaban J connectivity index is 1.49. The maximum atomic E-state index is 2.46. The molecular weight excluding hydrogens is 579 g/mol. The molecule has 0 nitrogen and oxygen atoms in total. The zero-order valence-electron chi connectivity index (χ0n) is 30.7. The van der Waals surface area contributed by atoms with Gasteiger partial charge in [0.2, 0.25) is 0 Å². The molecule has 0 aliphatic heterocycles. The van der Waals surface area contributed by atoms with Gasteiger partial charge in [0.1, 0.15) is 62.8 Å². The van der Waals surface area contributed by atoms with E-state index in [9.17, 15) is 0 Å². The fraction of sp³-hybridized carbons (Fsp3) is 0.0732. The Morgan fingerprint density at radius 1 is 0.347 bits per heavy atom. The van der Waals surface area contributed by atoms with Crippen LogP contribution in [-0.4, -0.2) is 62.8 Å². The molecule has 0 spiro atoms. The van der Waals surface area contributed by atoms with Gasteiger partial charge in [-0.2, -0.15) is 0 Å². The third-order valence-corrected chi connectivity index (χ3v) is 12.5. The van der Waals surface area contributed by atoms with E-state index in [0.717, 1.165) is 0 Å². The fourth-order valence-corrected chi connectivity index (χ4v) is 9.05. The molecular formula is C41H38B8. The third kappa shape index (κ3) is 4.49. The van der Waals surface area contributed by atoms with Crippen LogP contribution in [0.4, 0.5) is 0 Å². The van der Waals surface area contributed by atoms with E-state index in [-0.39, 0.29) is 5.41 Å². The summed E-state index contributed by atoms with van der Waals surface area (Å²) in [6.45, 7) is 4.74. The molecule has 0 aromatic heterocycles. The molecule has 0 unspecified atom stereocenters. The number of fused-ring (bicyclic) bond motifs is 5. The molecule has 0 fully saturated rings. The maximum absolute atomic E-state index is 2.46. The van der Waals surface area contributed by atoms with Crippen LogP contribution in [0, 0.1) is 0 Å². The molecule has 8 heteroatoms. The van der Waals surface area contributed by atoms with Crippen molar-refractivity contribution < 1.29 is 0 Å². The molecule has 0 radical (unpaired) electrons. The van der Waals surface area contributed by atoms with Crippen LogP contribution in [0.5, 0.6) is 0 Å². The second-order valence-electron chi connectivity index (χ2n) is 15.1. The van der Waals surface area contributed by atoms with Crippen LogP contribution < -0.4 is 43.7 Å². The van der Waals surface area contributed by atoms with Crippen LogP contribution in [0.3, 0.4) is 0 Å². The molecule has 49 heavy (non-hydrogen) atoms. The van der Waals surface area contributed by atoms with Gasteiger partial charge < -0.3 is 0 Å². The standard InChI is InChI=1S/C41H38B8/c1-41(2)25-14-7-6-13-23(25)24-16-15-21(18-26(24)41)20-11-8-12-22(17-20)28-31-29(33(42)37(46)39(48)35(31)44)27(19-9-4-3-5-10-19)30-32(28)36(45)40(49)38(47)34(30)43/h3-18H,42-49H2,1-2H3. The quantitative estimate of drug-likeness (QED) is 0.151. The highest BCUT2D eigenvalue weighted by molar-refractivity contribution is 6.71. The van der Waals surface area contributed by atoms with E-state index >= 15 is 0 Å². The first-order valence-corrected chi connectivity index (χ1v) is 17.8. The lowest BCUT2D eigenvalue weighted by molar-refractivity contribution is 0.660. The van der Waals surface area contributed by atoms with Crippen LogP contribution in [0.1, 0.15) is 25.0 Å². The largest absolute Gasteiger partial charge is 0.139 e. The van der Waals surface area contributed by atoms with Crippen LogP contribution in [-0.2, 0) is 5.41 Å². The summed E-state index contributed by atoms with van der Waals surface area (Å²) >= 11 is 0. The van der Waals surface area contributed by atoms with Crippen molar-refractivity contribution in [3.63, 3.8) is 0 Å². The lowest BCUT2D eigenvalue weighted by Crippen LogP contribution is -2.50. The Bertz CT molecular complexity index is 2470. The molecule has 0 saturated carbocycles. The van der Waals surface area contributed by atoms with E-state index in [1.54, 1.807) is 0 Å². The van der Waals surface area contributed by atoms with Gasteiger partial charge in [0.05, 0.1) is 0 Å². The van der Waals surface area contributed by atoms with E-state index in [0.29, 0.717) is 0 Å². The summed E-state index contributed by atoms with van der Waals surface area (Å²) in [5.74, 6) is 0. The van der Waals surface area contributed by atoms with E-state index in [1.807, 2.05) is 0 Å². The van der Waals surface area contributed by atoms with Crippen molar-refractivity contribution in [1.82, 2.24) is 0 Å². The molecule has 0 N–H and O–H groups in total. The smallest absolute Gasteiger partial charge is 0.101 e. The van der Waals surface area contributed by atoms with E-state index < -0.39 is 0 Å². The molecule has 0 bridgehead atoms.